The minimum absolute atomic E-state index is 0.0466. The Kier molecular flexibility index (Phi) is 5.02. The summed E-state index contributed by atoms with van der Waals surface area (Å²) in [5, 5.41) is 8.60. The molecule has 1 aromatic carbocycles. The lowest BCUT2D eigenvalue weighted by molar-refractivity contribution is 0.0940. The summed E-state index contributed by atoms with van der Waals surface area (Å²) < 4.78 is 7.22. The van der Waals surface area contributed by atoms with E-state index in [2.05, 4.69) is 15.5 Å². The highest BCUT2D eigenvalue weighted by atomic mass is 16.5. The first kappa shape index (κ1) is 19.5. The van der Waals surface area contributed by atoms with Gasteiger partial charge in [0.05, 0.1) is 11.7 Å². The molecule has 158 valence electrons. The summed E-state index contributed by atoms with van der Waals surface area (Å²) >= 11 is 0. The Morgan fingerprint density at radius 2 is 2.06 bits per heavy atom. The molecule has 3 aromatic heterocycles. The fourth-order valence-corrected chi connectivity index (χ4v) is 4.79. The predicted molar refractivity (Wildman–Crippen MR) is 118 cm³/mol. The number of hydrogen-bond acceptors (Lipinski definition) is 5. The van der Waals surface area contributed by atoms with E-state index in [1.54, 1.807) is 19.3 Å². The second kappa shape index (κ2) is 7.98. The zero-order valence-electron chi connectivity index (χ0n) is 17.4. The van der Waals surface area contributed by atoms with Crippen molar-refractivity contribution in [1.82, 2.24) is 20.0 Å². The molecule has 0 spiro atoms. The number of hydrogen-bond donors (Lipinski definition) is 1. The third-order valence-electron chi connectivity index (χ3n) is 6.32. The van der Waals surface area contributed by atoms with Crippen molar-refractivity contribution < 1.29 is 9.32 Å². The smallest absolute Gasteiger partial charge is 0.264 e. The van der Waals surface area contributed by atoms with Crippen molar-refractivity contribution in [3.8, 4) is 0 Å². The van der Waals surface area contributed by atoms with Gasteiger partial charge in [-0.2, -0.15) is 0 Å². The number of carbonyl (C=O) groups is 1. The van der Waals surface area contributed by atoms with Crippen LogP contribution in [-0.2, 0) is 0 Å². The average molecular weight is 416 g/mol. The number of carbonyl (C=O) groups excluding carboxylic acids is 1. The number of aromatic nitrogens is 3. The molecule has 0 radical (unpaired) electrons. The van der Waals surface area contributed by atoms with E-state index in [0.29, 0.717) is 34.7 Å². The van der Waals surface area contributed by atoms with Crippen LogP contribution in [0.25, 0.3) is 21.8 Å². The number of benzene rings is 1. The molecule has 1 aliphatic carbocycles. The molecule has 2 unspecified atom stereocenters. The quantitative estimate of drug-likeness (QED) is 0.543. The highest BCUT2D eigenvalue weighted by Gasteiger charge is 2.27. The van der Waals surface area contributed by atoms with Crippen molar-refractivity contribution in [2.75, 3.05) is 6.54 Å². The lowest BCUT2D eigenvalue weighted by Gasteiger charge is -2.31. The molecule has 0 bridgehead atoms. The van der Waals surface area contributed by atoms with Gasteiger partial charge in [0, 0.05) is 29.7 Å². The molecule has 1 fully saturated rings. The van der Waals surface area contributed by atoms with E-state index in [0.717, 1.165) is 36.6 Å². The van der Waals surface area contributed by atoms with Crippen LogP contribution in [0.5, 0.6) is 0 Å². The Morgan fingerprint density at radius 1 is 1.23 bits per heavy atom. The first-order chi connectivity index (χ1) is 15.1. The zero-order chi connectivity index (χ0) is 21.4. The molecule has 7 nitrogen and oxygen atoms in total. The van der Waals surface area contributed by atoms with Crippen LogP contribution in [0.15, 0.2) is 58.1 Å². The molecule has 2 atom stereocenters. The Labute approximate surface area is 179 Å². The van der Waals surface area contributed by atoms with Gasteiger partial charge in [-0.25, -0.2) is 0 Å². The Hall–Kier alpha value is -3.48. The van der Waals surface area contributed by atoms with Gasteiger partial charge in [0.2, 0.25) is 0 Å². The number of aryl methyl sites for hydroxylation is 1. The number of pyridine rings is 2. The molecule has 1 saturated carbocycles. The first-order valence-electron chi connectivity index (χ1n) is 10.7. The van der Waals surface area contributed by atoms with Gasteiger partial charge in [0.1, 0.15) is 16.7 Å². The van der Waals surface area contributed by atoms with Gasteiger partial charge in [0.25, 0.3) is 11.5 Å². The Morgan fingerprint density at radius 3 is 2.90 bits per heavy atom. The SMILES string of the molecule is Cc1onc2c1c(=O)n(C1CCCC(CNC(=O)c3ccccc3)C1)c1cnccc21. The van der Waals surface area contributed by atoms with Gasteiger partial charge in [-0.15, -0.1) is 0 Å². The van der Waals surface area contributed by atoms with E-state index in [4.69, 9.17) is 4.52 Å². The molecular formula is C24H24N4O3. The summed E-state index contributed by atoms with van der Waals surface area (Å²) in [5.41, 5.74) is 1.97. The van der Waals surface area contributed by atoms with Gasteiger partial charge in [-0.3, -0.25) is 14.6 Å². The molecule has 7 heteroatoms. The van der Waals surface area contributed by atoms with Gasteiger partial charge >= 0.3 is 0 Å². The summed E-state index contributed by atoms with van der Waals surface area (Å²) in [6.07, 6.45) is 7.23. The van der Waals surface area contributed by atoms with E-state index in [1.165, 1.54) is 0 Å². The van der Waals surface area contributed by atoms with Crippen molar-refractivity contribution >= 4 is 27.7 Å². The van der Waals surface area contributed by atoms with Crippen molar-refractivity contribution in [2.24, 2.45) is 5.92 Å². The molecule has 0 saturated heterocycles. The second-order valence-electron chi connectivity index (χ2n) is 8.29. The van der Waals surface area contributed by atoms with Crippen LogP contribution in [0.3, 0.4) is 0 Å². The largest absolute Gasteiger partial charge is 0.360 e. The third kappa shape index (κ3) is 3.50. The Balaban J connectivity index is 1.43. The Bertz CT molecular complexity index is 1310. The van der Waals surface area contributed by atoms with E-state index < -0.39 is 0 Å². The van der Waals surface area contributed by atoms with E-state index in [9.17, 15) is 9.59 Å². The van der Waals surface area contributed by atoms with Gasteiger partial charge in [0.15, 0.2) is 0 Å². The average Bonchev–Trinajstić information content (AvgIpc) is 3.21. The number of rotatable bonds is 4. The van der Waals surface area contributed by atoms with Crippen LogP contribution < -0.4 is 10.9 Å². The molecular weight excluding hydrogens is 392 g/mol. The highest BCUT2D eigenvalue weighted by Crippen LogP contribution is 2.34. The second-order valence-corrected chi connectivity index (χ2v) is 8.29. The van der Waals surface area contributed by atoms with Crippen LogP contribution in [0, 0.1) is 12.8 Å². The number of nitrogens with zero attached hydrogens (tertiary/aromatic N) is 3. The van der Waals surface area contributed by atoms with Gasteiger partial charge in [-0.1, -0.05) is 29.8 Å². The summed E-state index contributed by atoms with van der Waals surface area (Å²) in [4.78, 5) is 30.1. The molecule has 31 heavy (non-hydrogen) atoms. The van der Waals surface area contributed by atoms with Crippen LogP contribution in [0.2, 0.25) is 0 Å². The lowest BCUT2D eigenvalue weighted by Crippen LogP contribution is -2.34. The summed E-state index contributed by atoms with van der Waals surface area (Å²) in [7, 11) is 0. The maximum absolute atomic E-state index is 13.4. The fourth-order valence-electron chi connectivity index (χ4n) is 4.79. The van der Waals surface area contributed by atoms with E-state index >= 15 is 0 Å². The molecule has 1 amide bonds. The van der Waals surface area contributed by atoms with E-state index in [-0.39, 0.29) is 17.5 Å². The third-order valence-corrected chi connectivity index (χ3v) is 6.32. The summed E-state index contributed by atoms with van der Waals surface area (Å²) in [6, 6.07) is 11.2. The van der Waals surface area contributed by atoms with Crippen LogP contribution in [0.1, 0.15) is 47.8 Å². The maximum atomic E-state index is 13.4. The summed E-state index contributed by atoms with van der Waals surface area (Å²) in [6.45, 7) is 2.38. The maximum Gasteiger partial charge on any atom is 0.264 e. The van der Waals surface area contributed by atoms with Crippen molar-refractivity contribution in [3.05, 3.63) is 70.5 Å². The van der Waals surface area contributed by atoms with Gasteiger partial charge < -0.3 is 14.4 Å². The van der Waals surface area contributed by atoms with Gasteiger partial charge in [-0.05, 0) is 50.3 Å². The van der Waals surface area contributed by atoms with Crippen LogP contribution >= 0.6 is 0 Å². The fraction of sp³-hybridized carbons (Fsp3) is 0.333. The topological polar surface area (TPSA) is 90.0 Å². The number of amides is 1. The standard InChI is InChI=1S/C24H24N4O3/c1-15-21-22(27-31-15)19-10-11-25-14-20(19)28(24(21)30)18-9-5-6-16(12-18)13-26-23(29)17-7-3-2-4-8-17/h2-4,7-8,10-11,14,16,18H,5-6,9,12-13H2,1H3,(H,26,29). The van der Waals surface area contributed by atoms with Crippen molar-refractivity contribution in [2.45, 2.75) is 38.6 Å². The molecule has 4 aromatic rings. The highest BCUT2D eigenvalue weighted by molar-refractivity contribution is 6.03. The van der Waals surface area contributed by atoms with Crippen molar-refractivity contribution in [3.63, 3.8) is 0 Å². The number of fused-ring (bicyclic) bond motifs is 3. The molecule has 3 heterocycles. The molecule has 0 aliphatic heterocycles. The minimum atomic E-state index is -0.0757. The summed E-state index contributed by atoms with van der Waals surface area (Å²) in [5.74, 6) is 0.787. The molecule has 1 aliphatic rings. The van der Waals surface area contributed by atoms with Crippen LogP contribution in [-0.4, -0.2) is 27.2 Å². The van der Waals surface area contributed by atoms with Crippen molar-refractivity contribution in [1.29, 1.82) is 0 Å². The molecule has 5 rings (SSSR count). The van der Waals surface area contributed by atoms with E-state index in [1.807, 2.05) is 41.0 Å². The minimum Gasteiger partial charge on any atom is -0.360 e. The predicted octanol–water partition coefficient (Wildman–Crippen LogP) is 4.01. The lowest BCUT2D eigenvalue weighted by atomic mass is 9.85. The zero-order valence-corrected chi connectivity index (χ0v) is 17.4. The monoisotopic (exact) mass is 416 g/mol. The molecule has 1 N–H and O–H groups in total. The normalized spacial score (nSPS) is 19.0. The first-order valence-corrected chi connectivity index (χ1v) is 10.7. The van der Waals surface area contributed by atoms with Crippen LogP contribution in [0.4, 0.5) is 0 Å². The number of nitrogens with one attached hydrogen (secondary N) is 1.